The van der Waals surface area contributed by atoms with Gasteiger partial charge in [-0.2, -0.15) is 0 Å². The zero-order chi connectivity index (χ0) is 52.3. The lowest BCUT2D eigenvalue weighted by Gasteiger charge is -2.48. The van der Waals surface area contributed by atoms with Gasteiger partial charge in [-0.15, -0.1) is 0 Å². The molecule has 22 rings (SSSR count). The van der Waals surface area contributed by atoms with Crippen LogP contribution in [-0.4, -0.2) is 4.93 Å². The third-order valence-corrected chi connectivity index (χ3v) is 17.8. The van der Waals surface area contributed by atoms with Gasteiger partial charge in [0.2, 0.25) is 0 Å². The summed E-state index contributed by atoms with van der Waals surface area (Å²) in [7, 11) is 0. The summed E-state index contributed by atoms with van der Waals surface area (Å²) in [6, 6.07) is 61.2. The highest BCUT2D eigenvalue weighted by molar-refractivity contribution is 8.00. The number of rotatable bonds is 0. The fraction of sp³-hybridized carbons (Fsp3) is 0.229. The Labute approximate surface area is 460 Å². The van der Waals surface area contributed by atoms with Crippen LogP contribution < -0.4 is 33.2 Å². The van der Waals surface area contributed by atoms with E-state index in [0.717, 1.165) is 63.9 Å². The Morgan fingerprint density at radius 1 is 0.449 bits per heavy atom. The molecule has 7 nitrogen and oxygen atoms in total. The second-order valence-corrected chi connectivity index (χ2v) is 23.8. The molecule has 2 fully saturated rings. The van der Waals surface area contributed by atoms with Crippen molar-refractivity contribution in [2.75, 3.05) is 0 Å². The van der Waals surface area contributed by atoms with Gasteiger partial charge in [-0.3, -0.25) is 0 Å². The lowest BCUT2D eigenvalue weighted by Crippen LogP contribution is -2.38. The molecule has 0 N–H and O–H groups in total. The van der Waals surface area contributed by atoms with E-state index >= 15 is 0 Å². The van der Waals surface area contributed by atoms with Crippen LogP contribution in [0.25, 0.3) is 28.0 Å². The summed E-state index contributed by atoms with van der Waals surface area (Å²) in [6.45, 7) is 4.70. The van der Waals surface area contributed by atoms with Crippen molar-refractivity contribution < 1.29 is 33.2 Å². The molecule has 78 heavy (non-hydrogen) atoms. The van der Waals surface area contributed by atoms with Crippen molar-refractivity contribution in [2.24, 2.45) is 5.41 Å². The molecule has 2 spiro atoms. The molecule has 0 atom stereocenters. The van der Waals surface area contributed by atoms with E-state index in [4.69, 9.17) is 33.2 Å². The van der Waals surface area contributed by atoms with Crippen molar-refractivity contribution in [3.05, 3.63) is 216 Å². The molecule has 13 aliphatic rings. The minimum Gasteiger partial charge on any atom is -0.488 e. The maximum atomic E-state index is 7.37. The van der Waals surface area contributed by atoms with Gasteiger partial charge in [0.05, 0.1) is 4.90 Å². The molecule has 8 heteroatoms. The maximum Gasteiger partial charge on any atom is 0.153 e. The van der Waals surface area contributed by atoms with Crippen molar-refractivity contribution in [3.63, 3.8) is 0 Å². The molecule has 0 radical (unpaired) electrons. The van der Waals surface area contributed by atoms with Crippen LogP contribution in [0.3, 0.4) is 0 Å². The van der Waals surface area contributed by atoms with Crippen LogP contribution in [0.1, 0.15) is 99.5 Å². The van der Waals surface area contributed by atoms with E-state index in [1.807, 2.05) is 109 Å². The van der Waals surface area contributed by atoms with Gasteiger partial charge in [-0.1, -0.05) is 91.7 Å². The van der Waals surface area contributed by atoms with E-state index < -0.39 is 0 Å². The van der Waals surface area contributed by atoms with Gasteiger partial charge >= 0.3 is 0 Å². The Morgan fingerprint density at radius 3 is 1.41 bits per heavy atom. The van der Waals surface area contributed by atoms with E-state index in [1.54, 1.807) is 11.8 Å². The van der Waals surface area contributed by atoms with E-state index in [9.17, 15) is 0 Å². The maximum absolute atomic E-state index is 7.37. The molecule has 9 aromatic carbocycles. The number of fused-ring (bicyclic) bond motifs is 10. The van der Waals surface area contributed by atoms with E-state index in [1.165, 1.54) is 83.7 Å². The standard InChI is InChI=1S/C70H60O7S/c1-68(2)77-63-43-60-61(44-64(63)78-68)67-59(66-65(60)58-10-4-5-12-62(58)70(66)41-39-69(40-42-70)37-6-3-7-38-69)11-8-9-46-13-17-48(18-14-46)72-50-21-25-52(26-22-50)74-54-29-33-56(34-30-54)76-57-35-31-55(32-36-57)75-53-27-23-51(24-28-53)73-49-19-15-47(16-20-49)45-71-67/h4-5,8,10-36,43-44H,3,6-7,9,37-42,45H2,1-2H3. The van der Waals surface area contributed by atoms with Crippen LogP contribution >= 0.6 is 11.8 Å². The Kier molecular flexibility index (Phi) is 12.2. The largest absolute Gasteiger partial charge is 0.488 e. The van der Waals surface area contributed by atoms with Gasteiger partial charge in [0.15, 0.2) is 4.93 Å². The second kappa shape index (κ2) is 19.7. The first-order valence-electron chi connectivity index (χ1n) is 27.6. The predicted molar refractivity (Wildman–Crippen MR) is 311 cm³/mol. The molecule has 2 saturated carbocycles. The molecule has 388 valence electrons. The summed E-state index contributed by atoms with van der Waals surface area (Å²) in [6.07, 6.45) is 17.0. The number of ether oxygens (including phenoxy) is 7. The zero-order valence-corrected chi connectivity index (χ0v) is 44.8. The first kappa shape index (κ1) is 48.3. The van der Waals surface area contributed by atoms with E-state index in [2.05, 4.69) is 98.8 Å². The zero-order valence-electron chi connectivity index (χ0n) is 44.0. The van der Waals surface area contributed by atoms with Crippen molar-refractivity contribution in [1.82, 2.24) is 0 Å². The third-order valence-electron chi connectivity index (χ3n) is 16.7. The number of thioether (sulfide) groups is 1. The number of benzene rings is 9. The molecule has 0 amide bonds. The summed E-state index contributed by atoms with van der Waals surface area (Å²) in [5, 5.41) is 2.31. The number of hydrogen-bond acceptors (Lipinski definition) is 8. The Hall–Kier alpha value is -8.07. The van der Waals surface area contributed by atoms with Gasteiger partial charge in [-0.05, 0) is 236 Å². The highest BCUT2D eigenvalue weighted by Crippen LogP contribution is 2.65. The van der Waals surface area contributed by atoms with Gasteiger partial charge in [0.1, 0.15) is 75.6 Å². The summed E-state index contributed by atoms with van der Waals surface area (Å²) < 4.78 is 45.3. The topological polar surface area (TPSA) is 64.6 Å². The molecular formula is C70H60O7S. The monoisotopic (exact) mass is 1040 g/mol. The molecule has 10 heterocycles. The summed E-state index contributed by atoms with van der Waals surface area (Å²) in [5.74, 6) is 8.98. The van der Waals surface area contributed by atoms with E-state index in [-0.39, 0.29) is 10.3 Å². The molecule has 10 aliphatic heterocycles. The lowest BCUT2D eigenvalue weighted by molar-refractivity contribution is 0.0950. The minimum absolute atomic E-state index is 0.152. The SMILES string of the molecule is CC1(C)Oc2cc3c4c(c5c(c3cc2S1)OCc1ccc(cc1)Oc1ccc(cc1)Oc1ccc(cc1)Oc1ccc(cc1)Oc1ccc(cc1)Oc1ccc(cc1)CC=C5)C1(CCC2(CCCCC2)CC1)c1ccccc1-4. The summed E-state index contributed by atoms with van der Waals surface area (Å²) in [5.41, 5.74) is 9.27. The summed E-state index contributed by atoms with van der Waals surface area (Å²) in [4.78, 5) is 0.752. The lowest BCUT2D eigenvalue weighted by atomic mass is 9.56. The molecule has 12 bridgehead atoms. The van der Waals surface area contributed by atoms with Crippen molar-refractivity contribution >= 4 is 28.6 Å². The quantitative estimate of drug-likeness (QED) is 0.149. The first-order chi connectivity index (χ1) is 38.2. The predicted octanol–water partition coefficient (Wildman–Crippen LogP) is 20.0. The molecular weight excluding hydrogens is 985 g/mol. The Balaban J connectivity index is 0.847. The molecule has 0 saturated heterocycles. The van der Waals surface area contributed by atoms with Gasteiger partial charge in [-0.25, -0.2) is 0 Å². The molecule has 0 unspecified atom stereocenters. The van der Waals surface area contributed by atoms with Crippen LogP contribution in [0.2, 0.25) is 0 Å². The Bertz CT molecular complexity index is 3700. The van der Waals surface area contributed by atoms with Crippen LogP contribution in [0.4, 0.5) is 0 Å². The number of allylic oxidation sites excluding steroid dienone is 1. The highest BCUT2D eigenvalue weighted by atomic mass is 32.2. The van der Waals surface area contributed by atoms with Gasteiger partial charge in [0, 0.05) is 16.4 Å². The molecule has 9 aromatic rings. The average molecular weight is 1050 g/mol. The minimum atomic E-state index is -0.384. The fourth-order valence-electron chi connectivity index (χ4n) is 12.9. The fourth-order valence-corrected chi connectivity index (χ4v) is 13.9. The average Bonchev–Trinajstić information content (AvgIpc) is 3.60. The van der Waals surface area contributed by atoms with Gasteiger partial charge in [0.25, 0.3) is 0 Å². The van der Waals surface area contributed by atoms with Crippen molar-refractivity contribution in [1.29, 1.82) is 0 Å². The Morgan fingerprint density at radius 2 is 0.910 bits per heavy atom. The molecule has 0 aromatic heterocycles. The normalized spacial score (nSPS) is 17.5. The second-order valence-electron chi connectivity index (χ2n) is 22.2. The van der Waals surface area contributed by atoms with E-state index in [0.29, 0.717) is 52.3 Å². The number of hydrogen-bond donors (Lipinski definition) is 0. The highest BCUT2D eigenvalue weighted by Gasteiger charge is 2.51. The van der Waals surface area contributed by atoms with Crippen LogP contribution in [0.15, 0.2) is 193 Å². The van der Waals surface area contributed by atoms with Gasteiger partial charge < -0.3 is 33.2 Å². The third kappa shape index (κ3) is 9.40. The first-order valence-corrected chi connectivity index (χ1v) is 28.4. The summed E-state index contributed by atoms with van der Waals surface area (Å²) >= 11 is 1.78. The van der Waals surface area contributed by atoms with Crippen LogP contribution in [0, 0.1) is 5.41 Å². The smallest absolute Gasteiger partial charge is 0.153 e. The van der Waals surface area contributed by atoms with Crippen LogP contribution in [0.5, 0.6) is 69.0 Å². The molecule has 3 aliphatic carbocycles. The van der Waals surface area contributed by atoms with Crippen LogP contribution in [-0.2, 0) is 18.4 Å². The van der Waals surface area contributed by atoms with Crippen molar-refractivity contribution in [3.8, 4) is 80.1 Å². The van der Waals surface area contributed by atoms with Crippen molar-refractivity contribution in [2.45, 2.75) is 99.9 Å².